The number of aryl methyl sites for hydroxylation is 2. The maximum absolute atomic E-state index is 10.2. The monoisotopic (exact) mass is 275 g/mol. The number of aromatic nitrogens is 1. The molecule has 0 fully saturated rings. The number of phenolic OH excluding ortho intramolecular Hbond substituents is 1. The molecule has 0 unspecified atom stereocenters. The molecular weight excluding hydrogens is 258 g/mol. The summed E-state index contributed by atoms with van der Waals surface area (Å²) in [6, 6.07) is 16.1. The second kappa shape index (κ2) is 5.41. The van der Waals surface area contributed by atoms with Crippen LogP contribution in [0.5, 0.6) is 5.75 Å². The first kappa shape index (κ1) is 13.4. The molecule has 3 rings (SSSR count). The quantitative estimate of drug-likeness (QED) is 0.733. The number of nitrogens with zero attached hydrogens (tertiary/aromatic N) is 1. The molecule has 0 spiro atoms. The fourth-order valence-electron chi connectivity index (χ4n) is 2.47. The molecule has 21 heavy (non-hydrogen) atoms. The summed E-state index contributed by atoms with van der Waals surface area (Å²) in [4.78, 5) is 4.57. The van der Waals surface area contributed by atoms with E-state index < -0.39 is 0 Å². The van der Waals surface area contributed by atoms with E-state index in [1.807, 2.05) is 74.5 Å². The van der Waals surface area contributed by atoms with Crippen LogP contribution in [0.4, 0.5) is 0 Å². The molecule has 2 nitrogen and oxygen atoms in total. The van der Waals surface area contributed by atoms with Crippen molar-refractivity contribution in [3.8, 4) is 5.75 Å². The Morgan fingerprint density at radius 3 is 2.43 bits per heavy atom. The van der Waals surface area contributed by atoms with Crippen LogP contribution in [-0.2, 0) is 0 Å². The first-order chi connectivity index (χ1) is 10.1. The summed E-state index contributed by atoms with van der Waals surface area (Å²) >= 11 is 0. The minimum absolute atomic E-state index is 0.269. The molecule has 0 aliphatic carbocycles. The van der Waals surface area contributed by atoms with E-state index in [4.69, 9.17) is 0 Å². The average molecular weight is 275 g/mol. The zero-order chi connectivity index (χ0) is 14.8. The molecule has 1 N–H and O–H groups in total. The van der Waals surface area contributed by atoms with Gasteiger partial charge in [0.25, 0.3) is 0 Å². The zero-order valence-electron chi connectivity index (χ0n) is 12.2. The van der Waals surface area contributed by atoms with Gasteiger partial charge >= 0.3 is 0 Å². The van der Waals surface area contributed by atoms with Gasteiger partial charge in [-0.2, -0.15) is 0 Å². The summed E-state index contributed by atoms with van der Waals surface area (Å²) in [7, 11) is 0. The van der Waals surface area contributed by atoms with E-state index in [0.717, 1.165) is 27.8 Å². The largest absolute Gasteiger partial charge is 0.505 e. The Kier molecular flexibility index (Phi) is 3.44. The number of benzene rings is 2. The van der Waals surface area contributed by atoms with E-state index in [2.05, 4.69) is 4.98 Å². The Morgan fingerprint density at radius 1 is 0.905 bits per heavy atom. The van der Waals surface area contributed by atoms with E-state index in [1.165, 1.54) is 0 Å². The molecule has 0 amide bonds. The molecule has 0 bridgehead atoms. The summed E-state index contributed by atoms with van der Waals surface area (Å²) < 4.78 is 0. The van der Waals surface area contributed by atoms with Crippen molar-refractivity contribution in [2.45, 2.75) is 13.8 Å². The van der Waals surface area contributed by atoms with Gasteiger partial charge < -0.3 is 5.11 Å². The number of rotatable bonds is 2. The van der Waals surface area contributed by atoms with E-state index in [1.54, 1.807) is 0 Å². The number of phenols is 1. The van der Waals surface area contributed by atoms with Crippen molar-refractivity contribution in [3.63, 3.8) is 0 Å². The van der Waals surface area contributed by atoms with Gasteiger partial charge in [0.15, 0.2) is 0 Å². The van der Waals surface area contributed by atoms with Crippen molar-refractivity contribution in [1.82, 2.24) is 4.98 Å². The van der Waals surface area contributed by atoms with Gasteiger partial charge in [0.1, 0.15) is 11.3 Å². The van der Waals surface area contributed by atoms with Crippen molar-refractivity contribution in [3.05, 3.63) is 70.9 Å². The third kappa shape index (κ3) is 2.65. The zero-order valence-corrected chi connectivity index (χ0v) is 12.2. The van der Waals surface area contributed by atoms with Crippen LogP contribution in [0.25, 0.3) is 23.1 Å². The maximum Gasteiger partial charge on any atom is 0.144 e. The number of pyridine rings is 1. The predicted molar refractivity (Wildman–Crippen MR) is 88.3 cm³/mol. The molecule has 0 aliphatic rings. The third-order valence-electron chi connectivity index (χ3n) is 3.62. The van der Waals surface area contributed by atoms with Gasteiger partial charge in [-0.25, -0.2) is 4.98 Å². The molecule has 3 aromatic rings. The van der Waals surface area contributed by atoms with Crippen LogP contribution in [0.15, 0.2) is 48.5 Å². The van der Waals surface area contributed by atoms with Crippen molar-refractivity contribution in [2.24, 2.45) is 0 Å². The molecule has 1 heterocycles. The van der Waals surface area contributed by atoms with Crippen LogP contribution < -0.4 is 0 Å². The highest BCUT2D eigenvalue weighted by molar-refractivity contribution is 5.89. The second-order valence-corrected chi connectivity index (χ2v) is 5.24. The van der Waals surface area contributed by atoms with Crippen molar-refractivity contribution >= 4 is 23.1 Å². The lowest BCUT2D eigenvalue weighted by Crippen LogP contribution is -1.89. The van der Waals surface area contributed by atoms with Crippen LogP contribution in [0, 0.1) is 13.8 Å². The number of fused-ring (bicyclic) bond motifs is 1. The van der Waals surface area contributed by atoms with Crippen molar-refractivity contribution in [2.75, 3.05) is 0 Å². The van der Waals surface area contributed by atoms with Gasteiger partial charge in [0.2, 0.25) is 0 Å². The Hall–Kier alpha value is -2.61. The average Bonchev–Trinajstić information content (AvgIpc) is 2.51. The van der Waals surface area contributed by atoms with Crippen molar-refractivity contribution in [1.29, 1.82) is 0 Å². The third-order valence-corrected chi connectivity index (χ3v) is 3.62. The topological polar surface area (TPSA) is 33.1 Å². The Morgan fingerprint density at radius 2 is 1.67 bits per heavy atom. The summed E-state index contributed by atoms with van der Waals surface area (Å²) in [6.45, 7) is 3.94. The minimum atomic E-state index is 0.269. The van der Waals surface area contributed by atoms with Crippen LogP contribution in [0.1, 0.15) is 22.4 Å². The highest BCUT2D eigenvalue weighted by Crippen LogP contribution is 2.29. The molecule has 2 aromatic carbocycles. The lowest BCUT2D eigenvalue weighted by Gasteiger charge is -2.07. The fraction of sp³-hybridized carbons (Fsp3) is 0.105. The van der Waals surface area contributed by atoms with Gasteiger partial charge in [0.05, 0.1) is 5.69 Å². The summed E-state index contributed by atoms with van der Waals surface area (Å²) in [5, 5.41) is 11.2. The molecule has 1 aromatic heterocycles. The molecule has 0 radical (unpaired) electrons. The number of aromatic hydroxyl groups is 1. The Balaban J connectivity index is 2.05. The van der Waals surface area contributed by atoms with Gasteiger partial charge in [-0.1, -0.05) is 48.5 Å². The molecule has 0 atom stereocenters. The summed E-state index contributed by atoms with van der Waals surface area (Å²) in [6.07, 6.45) is 3.99. The molecule has 2 heteroatoms. The molecule has 0 aliphatic heterocycles. The first-order valence-corrected chi connectivity index (χ1v) is 6.98. The maximum atomic E-state index is 10.2. The van der Waals surface area contributed by atoms with Crippen LogP contribution in [0.3, 0.4) is 0 Å². The standard InChI is InChI=1S/C19H17NO/c1-13-12-14(2)19(21)18-17(13)11-10-16(20-18)9-8-15-6-4-3-5-7-15/h3-12,21H,1-2H3/b9-8+. The minimum Gasteiger partial charge on any atom is -0.505 e. The van der Waals surface area contributed by atoms with Gasteiger partial charge in [-0.3, -0.25) is 0 Å². The SMILES string of the molecule is Cc1cc(C)c2ccc(/C=C/c3ccccc3)nc2c1O. The van der Waals surface area contributed by atoms with Crippen LogP contribution in [0.2, 0.25) is 0 Å². The van der Waals surface area contributed by atoms with E-state index >= 15 is 0 Å². The van der Waals surface area contributed by atoms with Gasteiger partial charge in [-0.05, 0) is 42.7 Å². The van der Waals surface area contributed by atoms with Gasteiger partial charge in [-0.15, -0.1) is 0 Å². The Bertz CT molecular complexity index is 820. The number of hydrogen-bond acceptors (Lipinski definition) is 2. The van der Waals surface area contributed by atoms with E-state index in [0.29, 0.717) is 5.52 Å². The van der Waals surface area contributed by atoms with Gasteiger partial charge in [0, 0.05) is 5.39 Å². The lowest BCUT2D eigenvalue weighted by atomic mass is 10.0. The second-order valence-electron chi connectivity index (χ2n) is 5.24. The predicted octanol–water partition coefficient (Wildman–Crippen LogP) is 4.73. The molecule has 104 valence electrons. The van der Waals surface area contributed by atoms with E-state index in [9.17, 15) is 5.11 Å². The lowest BCUT2D eigenvalue weighted by molar-refractivity contribution is 0.476. The van der Waals surface area contributed by atoms with Crippen LogP contribution in [-0.4, -0.2) is 10.1 Å². The van der Waals surface area contributed by atoms with Crippen LogP contribution >= 0.6 is 0 Å². The summed E-state index contributed by atoms with van der Waals surface area (Å²) in [5.74, 6) is 0.269. The number of hydrogen-bond donors (Lipinski definition) is 1. The Labute approximate surface area is 124 Å². The highest BCUT2D eigenvalue weighted by atomic mass is 16.3. The smallest absolute Gasteiger partial charge is 0.144 e. The normalized spacial score (nSPS) is 11.3. The first-order valence-electron chi connectivity index (χ1n) is 6.98. The van der Waals surface area contributed by atoms with E-state index in [-0.39, 0.29) is 5.75 Å². The summed E-state index contributed by atoms with van der Waals surface area (Å²) in [5.41, 5.74) is 4.63. The molecule has 0 saturated heterocycles. The molecular formula is C19H17NO. The highest BCUT2D eigenvalue weighted by Gasteiger charge is 2.08. The molecule has 0 saturated carbocycles. The van der Waals surface area contributed by atoms with Crippen molar-refractivity contribution < 1.29 is 5.11 Å². The fourth-order valence-corrected chi connectivity index (χ4v) is 2.47.